The number of carbonyl (C=O) groups is 1. The Bertz CT molecular complexity index is 444. The first kappa shape index (κ1) is 10.9. The van der Waals surface area contributed by atoms with E-state index in [0.29, 0.717) is 24.2 Å². The van der Waals surface area contributed by atoms with Gasteiger partial charge in [-0.15, -0.1) is 0 Å². The minimum Gasteiger partial charge on any atom is -0.304 e. The van der Waals surface area contributed by atoms with Crippen LogP contribution >= 0.6 is 0 Å². The molecule has 1 saturated carbocycles. The average Bonchev–Trinajstić information content (AvgIpc) is 2.90. The van der Waals surface area contributed by atoms with Crippen LogP contribution in [0.4, 0.5) is 0 Å². The van der Waals surface area contributed by atoms with Gasteiger partial charge in [-0.3, -0.25) is 9.78 Å². The van der Waals surface area contributed by atoms with Gasteiger partial charge in [0.05, 0.1) is 12.5 Å². The van der Waals surface area contributed by atoms with E-state index in [4.69, 9.17) is 0 Å². The summed E-state index contributed by atoms with van der Waals surface area (Å²) < 4.78 is 0. The van der Waals surface area contributed by atoms with Crippen molar-refractivity contribution < 1.29 is 4.79 Å². The Morgan fingerprint density at radius 3 is 3.00 bits per heavy atom. The van der Waals surface area contributed by atoms with E-state index in [0.717, 1.165) is 11.4 Å². The zero-order valence-corrected chi connectivity index (χ0v) is 10.1. The fourth-order valence-electron chi connectivity index (χ4n) is 3.20. The van der Waals surface area contributed by atoms with Gasteiger partial charge in [0, 0.05) is 17.4 Å². The molecule has 1 aliphatic heterocycles. The normalized spacial score (nSPS) is 30.8. The number of hydrogen-bond acceptors (Lipinski definition) is 3. The number of Topliss-reactive ketones (excluding diaryl/α,β-unsaturated/α-hetero) is 1. The second-order valence-electron chi connectivity index (χ2n) is 5.33. The van der Waals surface area contributed by atoms with Crippen molar-refractivity contribution in [3.63, 3.8) is 0 Å². The molecule has 1 aromatic heterocycles. The SMILES string of the molecule is Cc1cccc(CC(=O)[C@H]2NC3CCC2C3)n1. The third-order valence-corrected chi connectivity index (χ3v) is 4.01. The summed E-state index contributed by atoms with van der Waals surface area (Å²) in [5.74, 6) is 0.896. The predicted octanol–water partition coefficient (Wildman–Crippen LogP) is 1.64. The number of fused-ring (bicyclic) bond motifs is 2. The van der Waals surface area contributed by atoms with Crippen molar-refractivity contribution in [1.82, 2.24) is 10.3 Å². The van der Waals surface area contributed by atoms with Crippen LogP contribution in [-0.2, 0) is 11.2 Å². The molecule has 2 aliphatic rings. The Kier molecular flexibility index (Phi) is 2.71. The van der Waals surface area contributed by atoms with Gasteiger partial charge in [0.25, 0.3) is 0 Å². The van der Waals surface area contributed by atoms with Gasteiger partial charge in [-0.2, -0.15) is 0 Å². The van der Waals surface area contributed by atoms with E-state index < -0.39 is 0 Å². The van der Waals surface area contributed by atoms with E-state index >= 15 is 0 Å². The van der Waals surface area contributed by atoms with Crippen LogP contribution in [0.2, 0.25) is 0 Å². The lowest BCUT2D eigenvalue weighted by Gasteiger charge is -2.21. The van der Waals surface area contributed by atoms with Crippen molar-refractivity contribution in [2.45, 2.75) is 44.7 Å². The van der Waals surface area contributed by atoms with Crippen molar-refractivity contribution in [2.75, 3.05) is 0 Å². The van der Waals surface area contributed by atoms with Crippen molar-refractivity contribution >= 4 is 5.78 Å². The van der Waals surface area contributed by atoms with Crippen LogP contribution in [0.1, 0.15) is 30.7 Å². The summed E-state index contributed by atoms with van der Waals surface area (Å²) in [6.45, 7) is 1.96. The number of nitrogens with one attached hydrogen (secondary N) is 1. The zero-order chi connectivity index (χ0) is 11.8. The molecule has 90 valence electrons. The molecule has 3 heteroatoms. The Hall–Kier alpha value is -1.22. The molecular formula is C14H18N2O. The van der Waals surface area contributed by atoms with Crippen molar-refractivity contribution in [1.29, 1.82) is 0 Å². The molecule has 0 spiro atoms. The number of carbonyl (C=O) groups excluding carboxylic acids is 1. The minimum atomic E-state index is 0.0936. The van der Waals surface area contributed by atoms with E-state index in [9.17, 15) is 4.79 Å². The molecule has 3 atom stereocenters. The molecule has 2 heterocycles. The van der Waals surface area contributed by atoms with Crippen LogP contribution in [0.25, 0.3) is 0 Å². The number of piperidine rings is 1. The highest BCUT2D eigenvalue weighted by Gasteiger charge is 2.42. The largest absolute Gasteiger partial charge is 0.304 e. The average molecular weight is 230 g/mol. The monoisotopic (exact) mass is 230 g/mol. The smallest absolute Gasteiger partial charge is 0.155 e. The quantitative estimate of drug-likeness (QED) is 0.858. The molecule has 0 radical (unpaired) electrons. The first-order valence-corrected chi connectivity index (χ1v) is 6.43. The van der Waals surface area contributed by atoms with Crippen LogP contribution < -0.4 is 5.32 Å². The van der Waals surface area contributed by atoms with Crippen LogP contribution in [0.5, 0.6) is 0 Å². The zero-order valence-electron chi connectivity index (χ0n) is 10.1. The fraction of sp³-hybridized carbons (Fsp3) is 0.571. The summed E-state index contributed by atoms with van der Waals surface area (Å²) in [5.41, 5.74) is 1.88. The molecular weight excluding hydrogens is 212 g/mol. The Labute approximate surface area is 102 Å². The molecule has 2 fully saturated rings. The number of aryl methyl sites for hydroxylation is 1. The lowest BCUT2D eigenvalue weighted by Crippen LogP contribution is -2.42. The van der Waals surface area contributed by atoms with Gasteiger partial charge in [0.2, 0.25) is 0 Å². The highest BCUT2D eigenvalue weighted by molar-refractivity contribution is 5.86. The maximum absolute atomic E-state index is 12.2. The molecule has 17 heavy (non-hydrogen) atoms. The standard InChI is InChI=1S/C14H18N2O/c1-9-3-2-4-11(15-9)8-13(17)14-10-5-6-12(7-10)16-14/h2-4,10,12,14,16H,5-8H2,1H3/t10?,12?,14-/m0/s1. The summed E-state index contributed by atoms with van der Waals surface area (Å²) in [5, 5.41) is 3.45. The number of hydrogen-bond donors (Lipinski definition) is 1. The molecule has 0 amide bonds. The lowest BCUT2D eigenvalue weighted by atomic mass is 9.94. The van der Waals surface area contributed by atoms with Crippen LogP contribution in [-0.4, -0.2) is 22.9 Å². The number of pyridine rings is 1. The molecule has 1 aromatic rings. The van der Waals surface area contributed by atoms with Gasteiger partial charge in [-0.1, -0.05) is 6.07 Å². The molecule has 1 aliphatic carbocycles. The number of nitrogens with zero attached hydrogens (tertiary/aromatic N) is 1. The fourth-order valence-corrected chi connectivity index (χ4v) is 3.20. The molecule has 3 nitrogen and oxygen atoms in total. The van der Waals surface area contributed by atoms with Gasteiger partial charge in [-0.25, -0.2) is 0 Å². The Morgan fingerprint density at radius 2 is 2.35 bits per heavy atom. The summed E-state index contributed by atoms with van der Waals surface area (Å²) in [6.07, 6.45) is 4.13. The van der Waals surface area contributed by atoms with Gasteiger partial charge in [0.1, 0.15) is 0 Å². The van der Waals surface area contributed by atoms with Crippen molar-refractivity contribution in [3.05, 3.63) is 29.6 Å². The van der Waals surface area contributed by atoms with E-state index in [1.807, 2.05) is 25.1 Å². The second kappa shape index (κ2) is 4.22. The maximum Gasteiger partial charge on any atom is 0.155 e. The van der Waals surface area contributed by atoms with Gasteiger partial charge in [0.15, 0.2) is 5.78 Å². The van der Waals surface area contributed by atoms with Gasteiger partial charge in [-0.05, 0) is 44.2 Å². The predicted molar refractivity (Wildman–Crippen MR) is 65.7 cm³/mol. The molecule has 2 unspecified atom stereocenters. The molecule has 3 rings (SSSR count). The summed E-state index contributed by atoms with van der Waals surface area (Å²) in [6, 6.07) is 6.57. The minimum absolute atomic E-state index is 0.0936. The molecule has 1 saturated heterocycles. The van der Waals surface area contributed by atoms with E-state index in [1.54, 1.807) is 0 Å². The lowest BCUT2D eigenvalue weighted by molar-refractivity contribution is -0.121. The topological polar surface area (TPSA) is 42.0 Å². The van der Waals surface area contributed by atoms with E-state index in [2.05, 4.69) is 10.3 Å². The highest BCUT2D eigenvalue weighted by Crippen LogP contribution is 2.35. The van der Waals surface area contributed by atoms with E-state index in [-0.39, 0.29) is 6.04 Å². The van der Waals surface area contributed by atoms with Gasteiger partial charge >= 0.3 is 0 Å². The summed E-state index contributed by atoms with van der Waals surface area (Å²) >= 11 is 0. The third-order valence-electron chi connectivity index (χ3n) is 4.01. The molecule has 1 N–H and O–H groups in total. The van der Waals surface area contributed by atoms with Gasteiger partial charge < -0.3 is 5.32 Å². The Balaban J connectivity index is 1.68. The van der Waals surface area contributed by atoms with Crippen molar-refractivity contribution in [3.8, 4) is 0 Å². The highest BCUT2D eigenvalue weighted by atomic mass is 16.1. The number of ketones is 1. The van der Waals surface area contributed by atoms with Crippen LogP contribution in [0.3, 0.4) is 0 Å². The first-order chi connectivity index (χ1) is 8.22. The van der Waals surface area contributed by atoms with Crippen molar-refractivity contribution in [2.24, 2.45) is 5.92 Å². The maximum atomic E-state index is 12.2. The number of rotatable bonds is 3. The Morgan fingerprint density at radius 1 is 1.47 bits per heavy atom. The number of aromatic nitrogens is 1. The van der Waals surface area contributed by atoms with E-state index in [1.165, 1.54) is 19.3 Å². The summed E-state index contributed by atoms with van der Waals surface area (Å²) in [7, 11) is 0. The van der Waals surface area contributed by atoms with Crippen LogP contribution in [0, 0.1) is 12.8 Å². The molecule has 2 bridgehead atoms. The second-order valence-corrected chi connectivity index (χ2v) is 5.33. The van der Waals surface area contributed by atoms with Crippen LogP contribution in [0.15, 0.2) is 18.2 Å². The molecule has 0 aromatic carbocycles. The summed E-state index contributed by atoms with van der Waals surface area (Å²) in [4.78, 5) is 16.6. The third kappa shape index (κ3) is 2.12. The first-order valence-electron chi connectivity index (χ1n) is 6.43.